The molecule has 3 aliphatic rings. The van der Waals surface area contributed by atoms with Gasteiger partial charge >= 0.3 is 5.97 Å². The fraction of sp³-hybridized carbons (Fsp3) is 0.500. The Kier molecular flexibility index (Phi) is 5.10. The first kappa shape index (κ1) is 18.0. The molecule has 1 saturated carbocycles. The van der Waals surface area contributed by atoms with Crippen LogP contribution in [0.3, 0.4) is 0 Å². The second-order valence-corrected chi connectivity index (χ2v) is 7.71. The normalized spacial score (nSPS) is 23.7. The van der Waals surface area contributed by atoms with E-state index < -0.39 is 0 Å². The maximum Gasteiger partial charge on any atom is 0.337 e. The highest BCUT2D eigenvalue weighted by Gasteiger charge is 2.39. The summed E-state index contributed by atoms with van der Waals surface area (Å²) in [6, 6.07) is 3.79. The van der Waals surface area contributed by atoms with E-state index in [9.17, 15) is 9.59 Å². The third kappa shape index (κ3) is 3.55. The zero-order valence-corrected chi connectivity index (χ0v) is 15.8. The van der Waals surface area contributed by atoms with Crippen molar-refractivity contribution in [2.24, 2.45) is 0 Å². The fourth-order valence-electron chi connectivity index (χ4n) is 4.54. The van der Waals surface area contributed by atoms with Crippen molar-refractivity contribution in [3.63, 3.8) is 0 Å². The van der Waals surface area contributed by atoms with Gasteiger partial charge in [0.05, 0.1) is 5.57 Å². The van der Waals surface area contributed by atoms with Crippen molar-refractivity contribution in [3.8, 4) is 0 Å². The molecule has 0 radical (unpaired) electrons. The highest BCUT2D eigenvalue weighted by molar-refractivity contribution is 6.03. The van der Waals surface area contributed by atoms with Gasteiger partial charge in [-0.1, -0.05) is 6.42 Å². The van der Waals surface area contributed by atoms with E-state index in [-0.39, 0.29) is 23.8 Å². The molecule has 0 bridgehead atoms. The van der Waals surface area contributed by atoms with E-state index in [0.29, 0.717) is 12.0 Å². The van der Waals surface area contributed by atoms with Gasteiger partial charge in [0, 0.05) is 41.7 Å². The smallest absolute Gasteiger partial charge is 0.337 e. The van der Waals surface area contributed by atoms with Crippen LogP contribution >= 0.6 is 0 Å². The zero-order chi connectivity index (χ0) is 18.8. The molecule has 1 unspecified atom stereocenters. The molecule has 1 aromatic rings. The van der Waals surface area contributed by atoms with Crippen LogP contribution in [0.1, 0.15) is 69.8 Å². The van der Waals surface area contributed by atoms with Crippen LogP contribution in [-0.4, -0.2) is 22.8 Å². The topological polar surface area (TPSA) is 68.3 Å². The average Bonchev–Trinajstić information content (AvgIpc) is 2.68. The van der Waals surface area contributed by atoms with Gasteiger partial charge in [-0.2, -0.15) is 0 Å². The predicted octanol–water partition coefficient (Wildman–Crippen LogP) is 3.93. The van der Waals surface area contributed by atoms with Crippen molar-refractivity contribution >= 4 is 11.8 Å². The summed E-state index contributed by atoms with van der Waals surface area (Å²) >= 11 is 0. The molecule has 0 spiro atoms. The predicted molar refractivity (Wildman–Crippen MR) is 102 cm³/mol. The van der Waals surface area contributed by atoms with Gasteiger partial charge in [0.15, 0.2) is 5.78 Å². The van der Waals surface area contributed by atoms with Gasteiger partial charge in [0.2, 0.25) is 0 Å². The van der Waals surface area contributed by atoms with Crippen molar-refractivity contribution in [3.05, 3.63) is 52.6 Å². The molecule has 0 amide bonds. The molecular formula is C22H26N2O3. The van der Waals surface area contributed by atoms with Gasteiger partial charge in [-0.15, -0.1) is 0 Å². The Labute approximate surface area is 159 Å². The minimum absolute atomic E-state index is 0.0120. The van der Waals surface area contributed by atoms with Crippen LogP contribution in [0.4, 0.5) is 0 Å². The van der Waals surface area contributed by atoms with Crippen LogP contribution in [0.25, 0.3) is 0 Å². The van der Waals surface area contributed by atoms with Crippen molar-refractivity contribution in [1.29, 1.82) is 0 Å². The summed E-state index contributed by atoms with van der Waals surface area (Å²) in [5, 5.41) is 3.34. The molecule has 1 N–H and O–H groups in total. The molecule has 27 heavy (non-hydrogen) atoms. The number of pyridine rings is 1. The summed E-state index contributed by atoms with van der Waals surface area (Å²) in [5.74, 6) is -0.534. The van der Waals surface area contributed by atoms with Crippen molar-refractivity contribution in [2.75, 3.05) is 0 Å². The molecular weight excluding hydrogens is 340 g/mol. The Hall–Kier alpha value is -2.43. The van der Waals surface area contributed by atoms with Crippen molar-refractivity contribution < 1.29 is 14.3 Å². The molecule has 5 heteroatoms. The first-order chi connectivity index (χ1) is 13.1. The number of nitrogens with zero attached hydrogens (tertiary/aromatic N) is 1. The average molecular weight is 366 g/mol. The fourth-order valence-corrected chi connectivity index (χ4v) is 4.54. The van der Waals surface area contributed by atoms with Crippen LogP contribution in [0.5, 0.6) is 0 Å². The van der Waals surface area contributed by atoms with Crippen LogP contribution in [-0.2, 0) is 14.3 Å². The maximum atomic E-state index is 13.2. The maximum absolute atomic E-state index is 13.2. The van der Waals surface area contributed by atoms with E-state index >= 15 is 0 Å². The van der Waals surface area contributed by atoms with Gasteiger partial charge < -0.3 is 10.1 Å². The van der Waals surface area contributed by atoms with E-state index in [1.165, 1.54) is 6.42 Å². The number of nitrogens with one attached hydrogen (secondary N) is 1. The van der Waals surface area contributed by atoms with E-state index in [0.717, 1.165) is 61.1 Å². The number of Topliss-reactive ketones (excluding diaryl/α,β-unsaturated/α-hetero) is 1. The summed E-state index contributed by atoms with van der Waals surface area (Å²) in [4.78, 5) is 30.1. The minimum Gasteiger partial charge on any atom is -0.459 e. The quantitative estimate of drug-likeness (QED) is 0.821. The summed E-state index contributed by atoms with van der Waals surface area (Å²) in [6.07, 6.45) is 10.9. The second-order valence-electron chi connectivity index (χ2n) is 7.71. The third-order valence-electron chi connectivity index (χ3n) is 5.86. The summed E-state index contributed by atoms with van der Waals surface area (Å²) < 4.78 is 5.88. The third-order valence-corrected chi connectivity index (χ3v) is 5.86. The number of hydrogen-bond donors (Lipinski definition) is 1. The van der Waals surface area contributed by atoms with Crippen LogP contribution in [0, 0.1) is 0 Å². The number of allylic oxidation sites excluding steroid dienone is 3. The zero-order valence-electron chi connectivity index (χ0n) is 15.8. The number of esters is 1. The molecule has 2 heterocycles. The van der Waals surface area contributed by atoms with Crippen LogP contribution < -0.4 is 5.32 Å². The number of carbonyl (C=O) groups is 2. The van der Waals surface area contributed by atoms with Gasteiger partial charge in [-0.25, -0.2) is 4.79 Å². The number of hydrogen-bond acceptors (Lipinski definition) is 5. The highest BCUT2D eigenvalue weighted by atomic mass is 16.5. The molecule has 142 valence electrons. The number of ether oxygens (including phenoxy) is 1. The standard InChI is InChI=1S/C22H26N2O3/c1-14-19(22(26)27-16-6-3-2-4-7-16)20(15-10-12-23-13-11-15)21-17(24-14)8-5-9-18(21)25/h10-13,16,20,24H,2-9H2,1H3. The van der Waals surface area contributed by atoms with E-state index in [4.69, 9.17) is 4.74 Å². The highest BCUT2D eigenvalue weighted by Crippen LogP contribution is 2.42. The largest absolute Gasteiger partial charge is 0.459 e. The molecule has 0 saturated heterocycles. The summed E-state index contributed by atoms with van der Waals surface area (Å²) in [6.45, 7) is 1.91. The van der Waals surface area contributed by atoms with E-state index in [1.54, 1.807) is 12.4 Å². The first-order valence-corrected chi connectivity index (χ1v) is 10.00. The Morgan fingerprint density at radius 3 is 2.59 bits per heavy atom. The lowest BCUT2D eigenvalue weighted by atomic mass is 9.75. The van der Waals surface area contributed by atoms with E-state index in [2.05, 4.69) is 10.3 Å². The Morgan fingerprint density at radius 2 is 1.85 bits per heavy atom. The molecule has 1 aliphatic heterocycles. The van der Waals surface area contributed by atoms with Crippen LogP contribution in [0.2, 0.25) is 0 Å². The van der Waals surface area contributed by atoms with Gasteiger partial charge in [0.25, 0.3) is 0 Å². The van der Waals surface area contributed by atoms with Gasteiger partial charge in [-0.3, -0.25) is 9.78 Å². The lowest BCUT2D eigenvalue weighted by molar-refractivity contribution is -0.146. The molecule has 5 nitrogen and oxygen atoms in total. The first-order valence-electron chi connectivity index (χ1n) is 10.00. The van der Waals surface area contributed by atoms with E-state index in [1.807, 2.05) is 19.1 Å². The SMILES string of the molecule is CC1=C(C(=O)OC2CCCCC2)C(c2ccncc2)C2=C(CCCC2=O)N1. The molecule has 2 aliphatic carbocycles. The Bertz CT molecular complexity index is 804. The lowest BCUT2D eigenvalue weighted by Crippen LogP contribution is -2.35. The summed E-state index contributed by atoms with van der Waals surface area (Å²) in [5.41, 5.74) is 3.98. The number of ketones is 1. The number of carbonyl (C=O) groups excluding carboxylic acids is 2. The molecule has 1 fully saturated rings. The lowest BCUT2D eigenvalue weighted by Gasteiger charge is -2.34. The van der Waals surface area contributed by atoms with Crippen molar-refractivity contribution in [2.45, 2.75) is 70.3 Å². The second kappa shape index (κ2) is 7.67. The Morgan fingerprint density at radius 1 is 1.11 bits per heavy atom. The minimum atomic E-state index is -0.367. The number of aromatic nitrogens is 1. The summed E-state index contributed by atoms with van der Waals surface area (Å²) in [7, 11) is 0. The van der Waals surface area contributed by atoms with Gasteiger partial charge in [-0.05, 0) is 63.1 Å². The Balaban J connectivity index is 1.71. The van der Waals surface area contributed by atoms with Gasteiger partial charge in [0.1, 0.15) is 6.10 Å². The molecule has 4 rings (SSSR count). The monoisotopic (exact) mass is 366 g/mol. The number of rotatable bonds is 3. The molecule has 0 aromatic carbocycles. The number of dihydropyridines is 1. The molecule has 1 atom stereocenters. The molecule has 1 aromatic heterocycles. The van der Waals surface area contributed by atoms with Crippen LogP contribution in [0.15, 0.2) is 47.1 Å². The van der Waals surface area contributed by atoms with Crippen molar-refractivity contribution in [1.82, 2.24) is 10.3 Å².